The molecule has 0 saturated carbocycles. The van der Waals surface area contributed by atoms with Crippen LogP contribution in [0.25, 0.3) is 10.9 Å². The van der Waals surface area contributed by atoms with Crippen molar-refractivity contribution in [2.75, 3.05) is 0 Å². The van der Waals surface area contributed by atoms with Gasteiger partial charge in [0, 0.05) is 23.5 Å². The average Bonchev–Trinajstić information content (AvgIpc) is 3.21. The van der Waals surface area contributed by atoms with Crippen LogP contribution in [0.2, 0.25) is 0 Å². The molecule has 0 radical (unpaired) electrons. The Balaban J connectivity index is 2.29. The summed E-state index contributed by atoms with van der Waals surface area (Å²) in [6.07, 6.45) is 2.42. The number of carbonyl (C=O) groups excluding carboxylic acids is 3. The minimum atomic E-state index is -1.15. The van der Waals surface area contributed by atoms with Crippen molar-refractivity contribution in [3.8, 4) is 0 Å². The number of aliphatic carboxylic acids is 1. The molecular formula is C27H41N5O5. The van der Waals surface area contributed by atoms with Crippen molar-refractivity contribution in [2.45, 2.75) is 78.6 Å². The number of hydrogen-bond donors (Lipinski definition) is 6. The van der Waals surface area contributed by atoms with Gasteiger partial charge in [0.1, 0.15) is 18.1 Å². The topological polar surface area (TPSA) is 166 Å². The summed E-state index contributed by atoms with van der Waals surface area (Å²) in [6, 6.07) is 3.74. The van der Waals surface area contributed by atoms with Gasteiger partial charge in [0.15, 0.2) is 0 Å². The Bertz CT molecular complexity index is 1090. The molecule has 1 aromatic carbocycles. The van der Waals surface area contributed by atoms with E-state index in [1.165, 1.54) is 0 Å². The largest absolute Gasteiger partial charge is 0.480 e. The first-order valence-corrected chi connectivity index (χ1v) is 12.8. The monoisotopic (exact) mass is 515 g/mol. The summed E-state index contributed by atoms with van der Waals surface area (Å²) in [5.41, 5.74) is 7.79. The summed E-state index contributed by atoms with van der Waals surface area (Å²) >= 11 is 0. The van der Waals surface area contributed by atoms with Crippen LogP contribution in [0.3, 0.4) is 0 Å². The molecule has 0 aliphatic heterocycles. The zero-order valence-corrected chi connectivity index (χ0v) is 22.5. The lowest BCUT2D eigenvalue weighted by Crippen LogP contribution is -2.59. The molecule has 2 aromatic rings. The third kappa shape index (κ3) is 8.31. The highest BCUT2D eigenvalue weighted by Crippen LogP contribution is 2.19. The number of aromatic nitrogens is 1. The molecule has 1 aromatic heterocycles. The van der Waals surface area contributed by atoms with E-state index >= 15 is 0 Å². The average molecular weight is 516 g/mol. The number of fused-ring (bicyclic) bond motifs is 1. The van der Waals surface area contributed by atoms with Crippen LogP contribution < -0.4 is 21.7 Å². The zero-order chi connectivity index (χ0) is 27.9. The van der Waals surface area contributed by atoms with Gasteiger partial charge < -0.3 is 31.8 Å². The number of benzene rings is 1. The maximum absolute atomic E-state index is 13.5. The van der Waals surface area contributed by atoms with Crippen molar-refractivity contribution in [3.05, 3.63) is 36.0 Å². The van der Waals surface area contributed by atoms with E-state index in [1.807, 2.05) is 38.1 Å². The molecular weight excluding hydrogens is 474 g/mol. The third-order valence-electron chi connectivity index (χ3n) is 6.27. The Morgan fingerprint density at radius 1 is 0.865 bits per heavy atom. The number of amides is 3. The molecule has 0 aliphatic rings. The van der Waals surface area contributed by atoms with Crippen molar-refractivity contribution >= 4 is 34.6 Å². The van der Waals surface area contributed by atoms with Crippen LogP contribution in [0, 0.1) is 17.8 Å². The van der Waals surface area contributed by atoms with Gasteiger partial charge >= 0.3 is 5.97 Å². The predicted octanol–water partition coefficient (Wildman–Crippen LogP) is 1.93. The minimum absolute atomic E-state index is 0.173. The van der Waals surface area contributed by atoms with Crippen LogP contribution in [0.4, 0.5) is 0 Å². The Morgan fingerprint density at radius 2 is 1.46 bits per heavy atom. The molecule has 1 heterocycles. The number of hydrogen-bond acceptors (Lipinski definition) is 5. The first-order valence-electron chi connectivity index (χ1n) is 12.8. The molecule has 3 amide bonds. The number of nitrogens with two attached hydrogens (primary N) is 1. The Hall–Kier alpha value is -3.40. The normalized spacial score (nSPS) is 14.9. The highest BCUT2D eigenvalue weighted by molar-refractivity contribution is 5.95. The molecule has 7 N–H and O–H groups in total. The molecule has 0 bridgehead atoms. The molecule has 0 fully saturated rings. The number of para-hydroxylation sites is 1. The molecule has 0 spiro atoms. The number of carbonyl (C=O) groups is 4. The summed E-state index contributed by atoms with van der Waals surface area (Å²) in [7, 11) is 0. The van der Waals surface area contributed by atoms with E-state index in [0.29, 0.717) is 6.42 Å². The minimum Gasteiger partial charge on any atom is -0.480 e. The van der Waals surface area contributed by atoms with Gasteiger partial charge in [-0.3, -0.25) is 14.4 Å². The third-order valence-corrected chi connectivity index (χ3v) is 6.27. The Kier molecular flexibility index (Phi) is 10.7. The number of aromatic amines is 1. The van der Waals surface area contributed by atoms with Crippen molar-refractivity contribution in [1.29, 1.82) is 0 Å². The Morgan fingerprint density at radius 3 is 2.03 bits per heavy atom. The fraction of sp³-hybridized carbons (Fsp3) is 0.556. The van der Waals surface area contributed by atoms with E-state index in [9.17, 15) is 24.3 Å². The fourth-order valence-corrected chi connectivity index (χ4v) is 4.17. The maximum Gasteiger partial charge on any atom is 0.326 e. The standard InChI is InChI=1S/C27H41N5O5/c1-14(2)11-19(28)24(33)30-21(12-17-13-29-20-10-8-7-9-18(17)20)25(34)31-22(15(3)4)26(35)32-23(16(5)6)27(36)37/h7-10,13-16,19,21-23,29H,11-12,28H2,1-6H3,(H,30,33)(H,31,34)(H,32,35)(H,36,37). The van der Waals surface area contributed by atoms with Crippen LogP contribution in [-0.4, -0.2) is 57.9 Å². The summed E-state index contributed by atoms with van der Waals surface area (Å²) in [4.78, 5) is 54.1. The summed E-state index contributed by atoms with van der Waals surface area (Å²) < 4.78 is 0. The number of nitrogens with one attached hydrogen (secondary N) is 4. The van der Waals surface area contributed by atoms with Gasteiger partial charge in [-0.05, 0) is 35.8 Å². The van der Waals surface area contributed by atoms with Crippen LogP contribution in [0.15, 0.2) is 30.5 Å². The van der Waals surface area contributed by atoms with Gasteiger partial charge in [-0.15, -0.1) is 0 Å². The molecule has 0 saturated heterocycles. The van der Waals surface area contributed by atoms with E-state index in [-0.39, 0.29) is 24.2 Å². The smallest absolute Gasteiger partial charge is 0.326 e. The highest BCUT2D eigenvalue weighted by Gasteiger charge is 2.33. The summed E-state index contributed by atoms with van der Waals surface area (Å²) in [5, 5.41) is 18.4. The van der Waals surface area contributed by atoms with Crippen LogP contribution in [0.5, 0.6) is 0 Å². The number of H-pyrrole nitrogens is 1. The van der Waals surface area contributed by atoms with Gasteiger partial charge in [-0.2, -0.15) is 0 Å². The number of carboxylic acid groups (broad SMARTS) is 1. The Labute approximate surface area is 218 Å². The van der Waals surface area contributed by atoms with E-state index in [4.69, 9.17) is 5.73 Å². The molecule has 4 atom stereocenters. The van der Waals surface area contributed by atoms with Crippen molar-refractivity contribution < 1.29 is 24.3 Å². The van der Waals surface area contributed by atoms with Gasteiger partial charge in [0.25, 0.3) is 0 Å². The van der Waals surface area contributed by atoms with Gasteiger partial charge in [0.2, 0.25) is 17.7 Å². The van der Waals surface area contributed by atoms with Crippen LogP contribution in [0.1, 0.15) is 53.5 Å². The van der Waals surface area contributed by atoms with E-state index in [0.717, 1.165) is 16.5 Å². The molecule has 4 unspecified atom stereocenters. The lowest BCUT2D eigenvalue weighted by atomic mass is 9.98. The van der Waals surface area contributed by atoms with Gasteiger partial charge in [-0.25, -0.2) is 4.79 Å². The highest BCUT2D eigenvalue weighted by atomic mass is 16.4. The molecule has 2 rings (SSSR count). The number of carboxylic acids is 1. The van der Waals surface area contributed by atoms with Gasteiger partial charge in [-0.1, -0.05) is 59.7 Å². The summed E-state index contributed by atoms with van der Waals surface area (Å²) in [5.74, 6) is -3.25. The molecule has 0 aliphatic carbocycles. The molecule has 10 heteroatoms. The fourth-order valence-electron chi connectivity index (χ4n) is 4.17. The molecule has 204 valence electrons. The molecule has 10 nitrogen and oxygen atoms in total. The lowest BCUT2D eigenvalue weighted by Gasteiger charge is -2.28. The SMILES string of the molecule is CC(C)CC(N)C(=O)NC(Cc1c[nH]c2ccccc12)C(=O)NC(C(=O)NC(C(=O)O)C(C)C)C(C)C. The second-order valence-corrected chi connectivity index (χ2v) is 10.7. The molecule has 37 heavy (non-hydrogen) atoms. The second kappa shape index (κ2) is 13.2. The quantitative estimate of drug-likeness (QED) is 0.238. The lowest BCUT2D eigenvalue weighted by molar-refractivity contribution is -0.143. The van der Waals surface area contributed by atoms with Crippen molar-refractivity contribution in [1.82, 2.24) is 20.9 Å². The second-order valence-electron chi connectivity index (χ2n) is 10.7. The first kappa shape index (κ1) is 29.8. The van der Waals surface area contributed by atoms with E-state index in [1.54, 1.807) is 33.9 Å². The zero-order valence-electron chi connectivity index (χ0n) is 22.5. The predicted molar refractivity (Wildman–Crippen MR) is 143 cm³/mol. The van der Waals surface area contributed by atoms with Crippen LogP contribution >= 0.6 is 0 Å². The summed E-state index contributed by atoms with van der Waals surface area (Å²) in [6.45, 7) is 10.8. The van der Waals surface area contributed by atoms with Crippen molar-refractivity contribution in [2.24, 2.45) is 23.5 Å². The van der Waals surface area contributed by atoms with Crippen LogP contribution in [-0.2, 0) is 25.6 Å². The van der Waals surface area contributed by atoms with Crippen molar-refractivity contribution in [3.63, 3.8) is 0 Å². The van der Waals surface area contributed by atoms with E-state index in [2.05, 4.69) is 20.9 Å². The number of rotatable bonds is 13. The van der Waals surface area contributed by atoms with Gasteiger partial charge in [0.05, 0.1) is 6.04 Å². The first-order chi connectivity index (χ1) is 17.3. The van der Waals surface area contributed by atoms with E-state index < -0.39 is 47.9 Å². The maximum atomic E-state index is 13.5.